The van der Waals surface area contributed by atoms with Crippen molar-refractivity contribution >= 4 is 12.1 Å². The fraction of sp³-hybridized carbons (Fsp3) is 0.500. The molecule has 146 valence electrons. The molecule has 3 saturated carbocycles. The highest BCUT2D eigenvalue weighted by atomic mass is 19.1. The molecule has 28 heavy (non-hydrogen) atoms. The van der Waals surface area contributed by atoms with E-state index in [4.69, 9.17) is 0 Å². The largest absolute Gasteiger partial charge is 0.272 e. The molecule has 1 atom stereocenters. The van der Waals surface area contributed by atoms with Crippen molar-refractivity contribution in [3.05, 3.63) is 47.3 Å². The average molecular weight is 385 g/mol. The highest BCUT2D eigenvalue weighted by molar-refractivity contribution is 5.88. The third-order valence-electron chi connectivity index (χ3n) is 6.35. The minimum absolute atomic E-state index is 0.0365. The summed E-state index contributed by atoms with van der Waals surface area (Å²) in [5.41, 5.74) is 1.13. The molecule has 1 aromatic heterocycles. The van der Waals surface area contributed by atoms with Gasteiger partial charge in [-0.15, -0.1) is 5.10 Å². The molecule has 1 unspecified atom stereocenters. The maximum Gasteiger partial charge on any atom is 0.249 e. The lowest BCUT2D eigenvalue weighted by Crippen LogP contribution is -2.68. The summed E-state index contributed by atoms with van der Waals surface area (Å²) in [5.74, 6) is -1.32. The molecular formula is C20H21F2N5O. The molecule has 1 aliphatic heterocycles. The van der Waals surface area contributed by atoms with Crippen molar-refractivity contribution in [3.8, 4) is 0 Å². The van der Waals surface area contributed by atoms with Crippen LogP contribution < -0.4 is 0 Å². The van der Waals surface area contributed by atoms with Gasteiger partial charge >= 0.3 is 0 Å². The molecule has 6 rings (SSSR count). The number of hydrogen-bond donors (Lipinski definition) is 0. The summed E-state index contributed by atoms with van der Waals surface area (Å²) < 4.78 is 29.1. The minimum Gasteiger partial charge on any atom is -0.272 e. The summed E-state index contributed by atoms with van der Waals surface area (Å²) in [4.78, 5) is 13.2. The molecule has 1 aromatic carbocycles. The maximum absolute atomic E-state index is 13.6. The molecule has 3 aliphatic carbocycles. The Morgan fingerprint density at radius 3 is 2.57 bits per heavy atom. The molecule has 6 nitrogen and oxygen atoms in total. The van der Waals surface area contributed by atoms with Gasteiger partial charge in [-0.2, -0.15) is 5.10 Å². The van der Waals surface area contributed by atoms with Crippen LogP contribution in [0.4, 0.5) is 8.78 Å². The Labute approximate surface area is 161 Å². The van der Waals surface area contributed by atoms with Gasteiger partial charge in [-0.1, -0.05) is 12.1 Å². The van der Waals surface area contributed by atoms with E-state index in [-0.39, 0.29) is 16.7 Å². The first kappa shape index (κ1) is 17.5. The Kier molecular flexibility index (Phi) is 3.70. The van der Waals surface area contributed by atoms with Crippen LogP contribution in [0.3, 0.4) is 0 Å². The van der Waals surface area contributed by atoms with Crippen molar-refractivity contribution in [1.29, 1.82) is 0 Å². The van der Waals surface area contributed by atoms with Crippen molar-refractivity contribution in [2.45, 2.75) is 51.6 Å². The number of benzene rings is 1. The van der Waals surface area contributed by atoms with Gasteiger partial charge in [-0.05, 0) is 48.8 Å². The number of rotatable bonds is 5. The molecular weight excluding hydrogens is 364 g/mol. The van der Waals surface area contributed by atoms with E-state index in [1.807, 2.05) is 17.8 Å². The van der Waals surface area contributed by atoms with Crippen LogP contribution in [0.5, 0.6) is 0 Å². The Morgan fingerprint density at radius 2 is 1.93 bits per heavy atom. The molecule has 2 bridgehead atoms. The number of hydrogen-bond acceptors (Lipinski definition) is 4. The maximum atomic E-state index is 13.6. The summed E-state index contributed by atoms with van der Waals surface area (Å²) in [6.45, 7) is 2.82. The summed E-state index contributed by atoms with van der Waals surface area (Å²) in [7, 11) is 0. The van der Waals surface area contributed by atoms with Gasteiger partial charge in [0.15, 0.2) is 0 Å². The van der Waals surface area contributed by atoms with Crippen LogP contribution in [-0.4, -0.2) is 32.1 Å². The lowest BCUT2D eigenvalue weighted by Gasteiger charge is -2.69. The van der Waals surface area contributed by atoms with Gasteiger partial charge in [0.1, 0.15) is 11.6 Å². The number of carbonyl (C=O) groups is 1. The van der Waals surface area contributed by atoms with Gasteiger partial charge in [-0.3, -0.25) is 9.48 Å². The van der Waals surface area contributed by atoms with Crippen LogP contribution in [0.25, 0.3) is 0 Å². The normalized spacial score (nSPS) is 30.2. The number of aryl methyl sites for hydroxylation is 1. The molecule has 0 spiro atoms. The van der Waals surface area contributed by atoms with E-state index in [2.05, 4.69) is 15.4 Å². The second-order valence-corrected chi connectivity index (χ2v) is 8.47. The second kappa shape index (κ2) is 5.93. The summed E-state index contributed by atoms with van der Waals surface area (Å²) in [6, 6.07) is 2.96. The molecule has 3 fully saturated rings. The number of hydrazone groups is 1. The standard InChI is InChI=1S/C20H21F2N5O/c1-2-16-8-26(25-24-16)12-19-9-20(10-19,11-19)18(28)27-17(3-4-23-27)13-5-14(21)7-15(22)6-13/h4-8,17H,2-3,9-12H2,1H3. The zero-order chi connectivity index (χ0) is 19.5. The number of amides is 1. The van der Waals surface area contributed by atoms with Crippen LogP contribution in [-0.2, 0) is 17.8 Å². The zero-order valence-electron chi connectivity index (χ0n) is 15.6. The molecule has 2 aromatic rings. The molecule has 0 N–H and O–H groups in total. The lowest BCUT2D eigenvalue weighted by molar-refractivity contribution is -0.223. The number of aromatic nitrogens is 3. The van der Waals surface area contributed by atoms with Gasteiger partial charge in [0.05, 0.1) is 17.2 Å². The van der Waals surface area contributed by atoms with E-state index in [1.165, 1.54) is 17.1 Å². The van der Waals surface area contributed by atoms with Gasteiger partial charge in [0, 0.05) is 31.4 Å². The van der Waals surface area contributed by atoms with Crippen molar-refractivity contribution < 1.29 is 13.6 Å². The Balaban J connectivity index is 1.28. The number of nitrogens with zero attached hydrogens (tertiary/aromatic N) is 5. The van der Waals surface area contributed by atoms with E-state index in [0.717, 1.165) is 44.0 Å². The second-order valence-electron chi connectivity index (χ2n) is 8.47. The van der Waals surface area contributed by atoms with Crippen LogP contribution in [0.1, 0.15) is 49.9 Å². The first-order valence-corrected chi connectivity index (χ1v) is 9.63. The monoisotopic (exact) mass is 385 g/mol. The number of halogens is 2. The van der Waals surface area contributed by atoms with Crippen molar-refractivity contribution in [2.24, 2.45) is 15.9 Å². The predicted octanol–water partition coefficient (Wildman–Crippen LogP) is 3.25. The lowest BCUT2D eigenvalue weighted by atomic mass is 9.34. The topological polar surface area (TPSA) is 63.4 Å². The van der Waals surface area contributed by atoms with Crippen molar-refractivity contribution in [1.82, 2.24) is 20.0 Å². The Bertz CT molecular complexity index is 945. The Morgan fingerprint density at radius 1 is 1.21 bits per heavy atom. The van der Waals surface area contributed by atoms with Crippen molar-refractivity contribution in [3.63, 3.8) is 0 Å². The molecule has 8 heteroatoms. The van der Waals surface area contributed by atoms with E-state index in [0.29, 0.717) is 12.0 Å². The Hall–Kier alpha value is -2.64. The van der Waals surface area contributed by atoms with Crippen LogP contribution >= 0.6 is 0 Å². The zero-order valence-corrected chi connectivity index (χ0v) is 15.6. The molecule has 1 amide bonds. The molecule has 4 aliphatic rings. The first-order chi connectivity index (χ1) is 13.4. The van der Waals surface area contributed by atoms with Gasteiger partial charge in [0.2, 0.25) is 5.91 Å². The molecule has 0 radical (unpaired) electrons. The quantitative estimate of drug-likeness (QED) is 0.794. The third kappa shape index (κ3) is 2.57. The first-order valence-electron chi connectivity index (χ1n) is 9.63. The van der Waals surface area contributed by atoms with Gasteiger partial charge < -0.3 is 0 Å². The van der Waals surface area contributed by atoms with E-state index < -0.39 is 17.7 Å². The van der Waals surface area contributed by atoms with Gasteiger partial charge in [-0.25, -0.2) is 13.8 Å². The highest BCUT2D eigenvalue weighted by Crippen LogP contribution is 2.74. The third-order valence-corrected chi connectivity index (χ3v) is 6.35. The van der Waals surface area contributed by atoms with E-state index in [1.54, 1.807) is 6.21 Å². The van der Waals surface area contributed by atoms with Crippen molar-refractivity contribution in [2.75, 3.05) is 0 Å². The minimum atomic E-state index is -0.641. The van der Waals surface area contributed by atoms with Crippen LogP contribution in [0.2, 0.25) is 0 Å². The highest BCUT2D eigenvalue weighted by Gasteiger charge is 2.72. The predicted molar refractivity (Wildman–Crippen MR) is 97.2 cm³/mol. The summed E-state index contributed by atoms with van der Waals surface area (Å²) in [6.07, 6.45) is 7.34. The SMILES string of the molecule is CCc1cn(CC23CC(C(=O)N4N=CCC4c4cc(F)cc(F)c4)(C2)C3)nn1. The average Bonchev–Trinajstić information content (AvgIpc) is 3.24. The van der Waals surface area contributed by atoms with Crippen LogP contribution in [0.15, 0.2) is 29.5 Å². The molecule has 0 saturated heterocycles. The number of carbonyl (C=O) groups excluding carboxylic acids is 1. The van der Waals surface area contributed by atoms with E-state index >= 15 is 0 Å². The fourth-order valence-corrected chi connectivity index (χ4v) is 5.21. The summed E-state index contributed by atoms with van der Waals surface area (Å²) >= 11 is 0. The fourth-order valence-electron chi connectivity index (χ4n) is 5.21. The van der Waals surface area contributed by atoms with E-state index in [9.17, 15) is 13.6 Å². The van der Waals surface area contributed by atoms with Crippen LogP contribution in [0, 0.1) is 22.5 Å². The molecule has 2 heterocycles. The smallest absolute Gasteiger partial charge is 0.249 e. The summed E-state index contributed by atoms with van der Waals surface area (Å²) in [5, 5.41) is 14.0. The van der Waals surface area contributed by atoms with Gasteiger partial charge in [0.25, 0.3) is 0 Å².